The predicted molar refractivity (Wildman–Crippen MR) is 128 cm³/mol. The van der Waals surface area contributed by atoms with E-state index >= 15 is 0 Å². The maximum Gasteiger partial charge on any atom is 0.251 e. The zero-order valence-electron chi connectivity index (χ0n) is 20.5. The summed E-state index contributed by atoms with van der Waals surface area (Å²) in [5.74, 6) is -0.108. The summed E-state index contributed by atoms with van der Waals surface area (Å²) in [5, 5.41) is 28.5. The molecule has 3 atom stereocenters. The molecule has 9 heteroatoms. The predicted octanol–water partition coefficient (Wildman–Crippen LogP) is 0.572. The van der Waals surface area contributed by atoms with E-state index in [1.165, 1.54) is 17.0 Å². The van der Waals surface area contributed by atoms with Crippen molar-refractivity contribution in [2.45, 2.75) is 52.0 Å². The highest BCUT2D eigenvalue weighted by molar-refractivity contribution is 5.94. The molecule has 1 unspecified atom stereocenters. The minimum absolute atomic E-state index is 0.144. The molecule has 0 spiro atoms. The van der Waals surface area contributed by atoms with Crippen molar-refractivity contribution in [2.24, 2.45) is 0 Å². The summed E-state index contributed by atoms with van der Waals surface area (Å²) >= 11 is 0. The van der Waals surface area contributed by atoms with Crippen molar-refractivity contribution in [3.05, 3.63) is 82.2 Å². The second kappa shape index (κ2) is 11.4. The number of hydrogen-bond donors (Lipinski definition) is 3. The summed E-state index contributed by atoms with van der Waals surface area (Å²) in [6.07, 6.45) is 0.800. The van der Waals surface area contributed by atoms with E-state index in [0.717, 1.165) is 35.5 Å². The first-order valence-corrected chi connectivity index (χ1v) is 12.1. The Morgan fingerprint density at radius 2 is 1.83 bits per heavy atom. The molecule has 4 rings (SSSR count). The Hall–Kier alpha value is -3.69. The van der Waals surface area contributed by atoms with Crippen LogP contribution in [0.4, 0.5) is 0 Å². The summed E-state index contributed by atoms with van der Waals surface area (Å²) in [6, 6.07) is 13.1. The number of rotatable bonds is 8. The van der Waals surface area contributed by atoms with Gasteiger partial charge in [-0.05, 0) is 56.5 Å². The van der Waals surface area contributed by atoms with Gasteiger partial charge in [0, 0.05) is 11.1 Å². The van der Waals surface area contributed by atoms with E-state index in [4.69, 9.17) is 9.26 Å². The lowest BCUT2D eigenvalue weighted by Crippen LogP contribution is -3.12. The van der Waals surface area contributed by atoms with Crippen LogP contribution in [0.5, 0.6) is 5.75 Å². The number of aliphatic hydroxyl groups is 1. The molecule has 1 saturated heterocycles. The molecule has 1 aliphatic heterocycles. The van der Waals surface area contributed by atoms with Gasteiger partial charge < -0.3 is 34.5 Å². The molecule has 0 saturated carbocycles. The molecule has 3 aromatic rings. The van der Waals surface area contributed by atoms with E-state index in [0.29, 0.717) is 37.4 Å². The van der Waals surface area contributed by atoms with Gasteiger partial charge in [-0.25, -0.2) is 0 Å². The average molecular weight is 494 g/mol. The van der Waals surface area contributed by atoms with Crippen molar-refractivity contribution >= 4 is 11.9 Å². The number of carbonyl (C=O) groups is 2. The smallest absolute Gasteiger partial charge is 0.251 e. The molecule has 190 valence electrons. The van der Waals surface area contributed by atoms with Crippen LogP contribution >= 0.6 is 0 Å². The first-order valence-electron chi connectivity index (χ1n) is 12.1. The van der Waals surface area contributed by atoms with E-state index < -0.39 is 18.1 Å². The summed E-state index contributed by atoms with van der Waals surface area (Å²) in [5.41, 5.74) is 3.31. The number of nitrogens with one attached hydrogen (secondary N) is 2. The van der Waals surface area contributed by atoms with E-state index in [1.54, 1.807) is 36.4 Å². The van der Waals surface area contributed by atoms with Crippen molar-refractivity contribution in [1.29, 1.82) is 0 Å². The van der Waals surface area contributed by atoms with Gasteiger partial charge in [-0.3, -0.25) is 4.79 Å². The third-order valence-electron chi connectivity index (χ3n) is 6.64. The minimum atomic E-state index is -1.20. The molecule has 1 aliphatic rings. The number of nitrogens with zero attached hydrogens (tertiary/aromatic N) is 1. The largest absolute Gasteiger partial charge is 0.545 e. The lowest BCUT2D eigenvalue weighted by Gasteiger charge is -2.25. The van der Waals surface area contributed by atoms with Crippen LogP contribution in [0.3, 0.4) is 0 Å². The lowest BCUT2D eigenvalue weighted by molar-refractivity contribution is -0.914. The fourth-order valence-corrected chi connectivity index (χ4v) is 4.48. The number of hydrogen-bond acceptors (Lipinski definition) is 7. The highest BCUT2D eigenvalue weighted by Gasteiger charge is 2.30. The fourth-order valence-electron chi connectivity index (χ4n) is 4.48. The number of carbonyl (C=O) groups excluding carboxylic acids is 2. The van der Waals surface area contributed by atoms with Crippen LogP contribution in [0.2, 0.25) is 0 Å². The second-order valence-corrected chi connectivity index (χ2v) is 9.27. The van der Waals surface area contributed by atoms with Crippen molar-refractivity contribution in [1.82, 2.24) is 10.5 Å². The molecule has 3 N–H and O–H groups in total. The number of amides is 1. The Morgan fingerprint density at radius 3 is 2.47 bits per heavy atom. The molecule has 9 nitrogen and oxygen atoms in total. The van der Waals surface area contributed by atoms with Gasteiger partial charge in [0.25, 0.3) is 5.91 Å². The molecule has 0 radical (unpaired) electrons. The van der Waals surface area contributed by atoms with Crippen LogP contribution in [-0.4, -0.2) is 47.4 Å². The van der Waals surface area contributed by atoms with E-state index in [-0.39, 0.29) is 11.5 Å². The number of aryl methyl sites for hydroxylation is 2. The van der Waals surface area contributed by atoms with Crippen LogP contribution in [-0.2, 0) is 13.2 Å². The van der Waals surface area contributed by atoms with Crippen LogP contribution in [0, 0.1) is 13.8 Å². The first kappa shape index (κ1) is 25.4. The number of likely N-dealkylation sites (tertiary alicyclic amines) is 1. The van der Waals surface area contributed by atoms with E-state index in [1.807, 2.05) is 13.8 Å². The zero-order chi connectivity index (χ0) is 25.7. The van der Waals surface area contributed by atoms with Gasteiger partial charge in [-0.2, -0.15) is 0 Å². The van der Waals surface area contributed by atoms with Crippen LogP contribution in [0.15, 0.2) is 53.1 Å². The van der Waals surface area contributed by atoms with Gasteiger partial charge in [0.15, 0.2) is 0 Å². The SMILES string of the molecule is Cc1noc(C)c1COc1ccc(C(=O)N[C@@H]2C[NH+](Cc3ccc(C(=O)[O-])cc3)CCC[C@H]2O)cc1. The summed E-state index contributed by atoms with van der Waals surface area (Å²) < 4.78 is 11.0. The fraction of sp³-hybridized carbons (Fsp3) is 0.370. The van der Waals surface area contributed by atoms with Crippen LogP contribution in [0.25, 0.3) is 0 Å². The number of ether oxygens (including phenoxy) is 1. The number of carboxylic acid groups (broad SMARTS) is 1. The Kier molecular flexibility index (Phi) is 8.02. The summed E-state index contributed by atoms with van der Waals surface area (Å²) in [4.78, 5) is 25.1. The minimum Gasteiger partial charge on any atom is -0.545 e. The average Bonchev–Trinajstić information content (AvgIpc) is 3.08. The number of carboxylic acids is 1. The monoisotopic (exact) mass is 493 g/mol. The first-order chi connectivity index (χ1) is 17.3. The molecular weight excluding hydrogens is 462 g/mol. The van der Waals surface area contributed by atoms with Crippen LogP contribution < -0.4 is 20.1 Å². The van der Waals surface area contributed by atoms with Crippen molar-refractivity contribution in [2.75, 3.05) is 13.1 Å². The van der Waals surface area contributed by atoms with Crippen LogP contribution in [0.1, 0.15) is 56.1 Å². The number of quaternary nitrogens is 1. The lowest BCUT2D eigenvalue weighted by atomic mass is 10.1. The molecular formula is C27H31N3O6. The van der Waals surface area contributed by atoms with Gasteiger partial charge in [0.05, 0.1) is 29.9 Å². The molecule has 2 aromatic carbocycles. The van der Waals surface area contributed by atoms with Gasteiger partial charge in [0.2, 0.25) is 0 Å². The molecule has 1 aromatic heterocycles. The van der Waals surface area contributed by atoms with E-state index in [2.05, 4.69) is 10.5 Å². The maximum absolute atomic E-state index is 12.9. The summed E-state index contributed by atoms with van der Waals surface area (Å²) in [6.45, 7) is 6.11. The molecule has 36 heavy (non-hydrogen) atoms. The highest BCUT2D eigenvalue weighted by Crippen LogP contribution is 2.18. The second-order valence-electron chi connectivity index (χ2n) is 9.27. The third-order valence-corrected chi connectivity index (χ3v) is 6.64. The number of benzene rings is 2. The van der Waals surface area contributed by atoms with Crippen molar-refractivity contribution < 1.29 is 34.0 Å². The van der Waals surface area contributed by atoms with E-state index in [9.17, 15) is 19.8 Å². The molecule has 0 aliphatic carbocycles. The molecule has 2 heterocycles. The Bertz CT molecular complexity index is 1170. The number of aromatic carboxylic acids is 1. The Balaban J connectivity index is 1.34. The maximum atomic E-state index is 12.9. The summed E-state index contributed by atoms with van der Waals surface area (Å²) in [7, 11) is 0. The third kappa shape index (κ3) is 6.30. The normalized spacial score (nSPS) is 19.9. The topological polar surface area (TPSA) is 129 Å². The standard InChI is InChI=1S/C27H31N3O6/c1-17-23(18(2)36-29-17)16-35-22-11-9-20(10-12-22)26(32)28-24-15-30(13-3-4-25(24)31)14-19-5-7-21(8-6-19)27(33)34/h5-12,24-25,31H,3-4,13-16H2,1-2H3,(H,28,32)(H,33,34)/t24-,25-/m1/s1. The Labute approximate surface area is 209 Å². The quantitative estimate of drug-likeness (QED) is 0.418. The Morgan fingerprint density at radius 1 is 1.14 bits per heavy atom. The van der Waals surface area contributed by atoms with Gasteiger partial charge >= 0.3 is 0 Å². The van der Waals surface area contributed by atoms with Crippen molar-refractivity contribution in [3.63, 3.8) is 0 Å². The molecule has 1 amide bonds. The number of aromatic nitrogens is 1. The van der Waals surface area contributed by atoms with Gasteiger partial charge in [-0.1, -0.05) is 29.4 Å². The molecule has 0 bridgehead atoms. The molecule has 1 fully saturated rings. The highest BCUT2D eigenvalue weighted by atomic mass is 16.5. The van der Waals surface area contributed by atoms with Gasteiger partial charge in [0.1, 0.15) is 37.2 Å². The number of aliphatic hydroxyl groups excluding tert-OH is 1. The van der Waals surface area contributed by atoms with Crippen molar-refractivity contribution in [3.8, 4) is 5.75 Å². The van der Waals surface area contributed by atoms with Gasteiger partial charge in [-0.15, -0.1) is 0 Å². The zero-order valence-corrected chi connectivity index (χ0v) is 20.5.